The van der Waals surface area contributed by atoms with Gasteiger partial charge in [0, 0.05) is 22.6 Å². The van der Waals surface area contributed by atoms with Gasteiger partial charge >= 0.3 is 0 Å². The number of anilines is 2. The molecular formula is C26H27N3O3S. The van der Waals surface area contributed by atoms with E-state index in [-0.39, 0.29) is 29.7 Å². The summed E-state index contributed by atoms with van der Waals surface area (Å²) in [4.78, 5) is 29.7. The largest absolute Gasteiger partial charge is 0.467 e. The summed E-state index contributed by atoms with van der Waals surface area (Å²) in [6, 6.07) is 15.3. The van der Waals surface area contributed by atoms with E-state index in [0.717, 1.165) is 33.9 Å². The van der Waals surface area contributed by atoms with Crippen LogP contribution in [-0.4, -0.2) is 18.2 Å². The van der Waals surface area contributed by atoms with Gasteiger partial charge in [-0.1, -0.05) is 32.0 Å². The molecule has 1 amide bonds. The molecule has 0 saturated carbocycles. The zero-order valence-corrected chi connectivity index (χ0v) is 19.6. The Morgan fingerprint density at radius 2 is 2.03 bits per heavy atom. The fraction of sp³-hybridized carbons (Fsp3) is 0.308. The molecule has 33 heavy (non-hydrogen) atoms. The number of fused-ring (bicyclic) bond motifs is 1. The Balaban J connectivity index is 1.57. The summed E-state index contributed by atoms with van der Waals surface area (Å²) in [5, 5.41) is 8.55. The number of hydrogen-bond donors (Lipinski definition) is 2. The van der Waals surface area contributed by atoms with Crippen LogP contribution in [0.4, 0.5) is 11.4 Å². The van der Waals surface area contributed by atoms with Gasteiger partial charge in [0.2, 0.25) is 5.91 Å². The third-order valence-electron chi connectivity index (χ3n) is 6.17. The summed E-state index contributed by atoms with van der Waals surface area (Å²) in [6.07, 6.45) is 2.86. The molecule has 170 valence electrons. The molecule has 2 aromatic heterocycles. The highest BCUT2D eigenvalue weighted by Gasteiger charge is 2.42. The Kier molecular flexibility index (Phi) is 5.58. The van der Waals surface area contributed by atoms with Crippen LogP contribution in [0.25, 0.3) is 0 Å². The molecule has 0 saturated heterocycles. The van der Waals surface area contributed by atoms with Crippen LogP contribution >= 0.6 is 11.3 Å². The van der Waals surface area contributed by atoms with Gasteiger partial charge < -0.3 is 20.0 Å². The van der Waals surface area contributed by atoms with E-state index in [0.29, 0.717) is 18.7 Å². The van der Waals surface area contributed by atoms with Gasteiger partial charge in [-0.2, -0.15) is 0 Å². The van der Waals surface area contributed by atoms with Crippen LogP contribution in [0.2, 0.25) is 0 Å². The molecule has 0 radical (unpaired) electrons. The molecule has 6 nitrogen and oxygen atoms in total. The van der Waals surface area contributed by atoms with Crippen LogP contribution in [0, 0.1) is 5.41 Å². The van der Waals surface area contributed by atoms with Crippen molar-refractivity contribution in [1.82, 2.24) is 5.32 Å². The molecule has 3 heterocycles. The predicted molar refractivity (Wildman–Crippen MR) is 130 cm³/mol. The van der Waals surface area contributed by atoms with Crippen LogP contribution in [0.3, 0.4) is 0 Å². The van der Waals surface area contributed by atoms with Crippen LogP contribution < -0.4 is 15.5 Å². The lowest BCUT2D eigenvalue weighted by molar-refractivity contribution is -0.121. The van der Waals surface area contributed by atoms with Crippen LogP contribution in [0.1, 0.15) is 43.4 Å². The number of hydrogen-bond acceptors (Lipinski definition) is 6. The zero-order valence-electron chi connectivity index (χ0n) is 18.8. The molecular weight excluding hydrogens is 434 g/mol. The number of allylic oxidation sites excluding steroid dienone is 1. The average Bonchev–Trinajstić information content (AvgIpc) is 3.46. The first-order chi connectivity index (χ1) is 15.9. The number of rotatable bonds is 5. The number of carbonyl (C=O) groups is 2. The number of benzene rings is 1. The van der Waals surface area contributed by atoms with Gasteiger partial charge in [-0.15, -0.1) is 11.3 Å². The standard InChI is InChI=1S/C26H27N3O3S/c1-26(2)13-19-24(21(30)14-26)25(22-10-6-12-33-22)29(20-9-4-3-8-18(20)28-19)16-23(31)27-15-17-7-5-11-32-17/h3-12,25,28H,13-16H2,1-2H3,(H,27,31)/t25-/m0/s1. The minimum Gasteiger partial charge on any atom is -0.467 e. The molecule has 0 bridgehead atoms. The number of Topliss-reactive ketones (excluding diaryl/α,β-unsaturated/α-hetero) is 1. The smallest absolute Gasteiger partial charge is 0.239 e. The van der Waals surface area contributed by atoms with Crippen molar-refractivity contribution in [2.75, 3.05) is 16.8 Å². The third-order valence-corrected chi connectivity index (χ3v) is 7.10. The second-order valence-corrected chi connectivity index (χ2v) is 10.4. The predicted octanol–water partition coefficient (Wildman–Crippen LogP) is 5.27. The summed E-state index contributed by atoms with van der Waals surface area (Å²) in [7, 11) is 0. The number of ketones is 1. The van der Waals surface area contributed by atoms with Crippen LogP contribution in [-0.2, 0) is 16.1 Å². The maximum Gasteiger partial charge on any atom is 0.239 e. The average molecular weight is 462 g/mol. The first-order valence-corrected chi connectivity index (χ1v) is 12.0. The summed E-state index contributed by atoms with van der Waals surface area (Å²) in [6.45, 7) is 4.71. The Morgan fingerprint density at radius 3 is 2.79 bits per heavy atom. The highest BCUT2D eigenvalue weighted by atomic mass is 32.1. The van der Waals surface area contributed by atoms with Crippen molar-refractivity contribution in [1.29, 1.82) is 0 Å². The van der Waals surface area contributed by atoms with Crippen molar-refractivity contribution in [3.8, 4) is 0 Å². The molecule has 0 unspecified atom stereocenters. The van der Waals surface area contributed by atoms with Gasteiger partial charge in [-0.25, -0.2) is 0 Å². The summed E-state index contributed by atoms with van der Waals surface area (Å²) >= 11 is 1.61. The van der Waals surface area contributed by atoms with E-state index in [9.17, 15) is 9.59 Å². The number of carbonyl (C=O) groups excluding carboxylic acids is 2. The van der Waals surface area contributed by atoms with Crippen LogP contribution in [0.15, 0.2) is 75.9 Å². The van der Waals surface area contributed by atoms with E-state index in [2.05, 4.69) is 35.4 Å². The second-order valence-electron chi connectivity index (χ2n) is 9.38. The van der Waals surface area contributed by atoms with E-state index in [1.165, 1.54) is 0 Å². The molecule has 1 aromatic carbocycles. The minimum atomic E-state index is -0.325. The molecule has 2 N–H and O–H groups in total. The first-order valence-electron chi connectivity index (χ1n) is 11.1. The fourth-order valence-electron chi connectivity index (χ4n) is 4.78. The number of thiophene rings is 1. The Hall–Kier alpha value is -3.32. The van der Waals surface area contributed by atoms with Crippen molar-refractivity contribution >= 4 is 34.4 Å². The summed E-state index contributed by atoms with van der Waals surface area (Å²) < 4.78 is 5.35. The van der Waals surface area contributed by atoms with Crippen molar-refractivity contribution in [3.05, 3.63) is 82.1 Å². The second kappa shape index (κ2) is 8.56. The fourth-order valence-corrected chi connectivity index (χ4v) is 5.62. The quantitative estimate of drug-likeness (QED) is 0.541. The molecule has 2 aliphatic rings. The molecule has 1 atom stereocenters. The van der Waals surface area contributed by atoms with Gasteiger partial charge in [-0.3, -0.25) is 9.59 Å². The Morgan fingerprint density at radius 1 is 1.18 bits per heavy atom. The van der Waals surface area contributed by atoms with Gasteiger partial charge in [0.1, 0.15) is 5.76 Å². The van der Waals surface area contributed by atoms with Crippen molar-refractivity contribution < 1.29 is 14.0 Å². The normalized spacial score (nSPS) is 19.4. The van der Waals surface area contributed by atoms with Gasteiger partial charge in [0.25, 0.3) is 0 Å². The summed E-state index contributed by atoms with van der Waals surface area (Å²) in [5.41, 5.74) is 3.43. The number of nitrogens with one attached hydrogen (secondary N) is 2. The van der Waals surface area contributed by atoms with Crippen LogP contribution in [0.5, 0.6) is 0 Å². The number of para-hydroxylation sites is 2. The topological polar surface area (TPSA) is 74.6 Å². The molecule has 3 aromatic rings. The molecule has 1 aliphatic carbocycles. The summed E-state index contributed by atoms with van der Waals surface area (Å²) in [5.74, 6) is 0.710. The monoisotopic (exact) mass is 461 g/mol. The lowest BCUT2D eigenvalue weighted by Gasteiger charge is -2.37. The van der Waals surface area contributed by atoms with Gasteiger partial charge in [0.05, 0.1) is 36.8 Å². The maximum atomic E-state index is 13.5. The lowest BCUT2D eigenvalue weighted by Crippen LogP contribution is -2.41. The third kappa shape index (κ3) is 4.33. The highest BCUT2D eigenvalue weighted by Crippen LogP contribution is 2.48. The van der Waals surface area contributed by atoms with Crippen molar-refractivity contribution in [2.45, 2.75) is 39.3 Å². The Labute approximate surface area is 197 Å². The van der Waals surface area contributed by atoms with E-state index in [1.54, 1.807) is 23.7 Å². The van der Waals surface area contributed by atoms with E-state index in [1.807, 2.05) is 41.8 Å². The van der Waals surface area contributed by atoms with Gasteiger partial charge in [-0.05, 0) is 47.5 Å². The Bertz CT molecular complexity index is 1200. The molecule has 0 fully saturated rings. The molecule has 5 rings (SSSR count). The number of amides is 1. The van der Waals surface area contributed by atoms with Crippen molar-refractivity contribution in [2.24, 2.45) is 5.41 Å². The lowest BCUT2D eigenvalue weighted by atomic mass is 9.74. The molecule has 0 spiro atoms. The SMILES string of the molecule is CC1(C)CC(=O)C2=C(C1)Nc1ccccc1N(CC(=O)NCc1ccco1)[C@H]2c1cccs1. The maximum absolute atomic E-state index is 13.5. The van der Waals surface area contributed by atoms with Gasteiger partial charge in [0.15, 0.2) is 5.78 Å². The molecule has 7 heteroatoms. The zero-order chi connectivity index (χ0) is 23.0. The number of furan rings is 1. The highest BCUT2D eigenvalue weighted by molar-refractivity contribution is 7.10. The van der Waals surface area contributed by atoms with E-state index in [4.69, 9.17) is 4.42 Å². The first kappa shape index (κ1) is 21.5. The number of nitrogens with zero attached hydrogens (tertiary/aromatic N) is 1. The van der Waals surface area contributed by atoms with E-state index >= 15 is 0 Å². The van der Waals surface area contributed by atoms with E-state index < -0.39 is 0 Å². The van der Waals surface area contributed by atoms with Crippen molar-refractivity contribution in [3.63, 3.8) is 0 Å². The minimum absolute atomic E-state index is 0.118. The molecule has 1 aliphatic heterocycles.